The molecular formula is C17H19FN4O3S. The van der Waals surface area contributed by atoms with Gasteiger partial charge in [-0.15, -0.1) is 10.2 Å². The first-order valence-electron chi connectivity index (χ1n) is 8.24. The number of hydrogen-bond acceptors (Lipinski definition) is 6. The summed E-state index contributed by atoms with van der Waals surface area (Å²) in [6.45, 7) is 1.32. The predicted octanol–water partition coefficient (Wildman–Crippen LogP) is 2.28. The lowest BCUT2D eigenvalue weighted by Crippen LogP contribution is -2.40. The van der Waals surface area contributed by atoms with Crippen molar-refractivity contribution in [2.24, 2.45) is 0 Å². The number of carbonyl (C=O) groups is 2. The summed E-state index contributed by atoms with van der Waals surface area (Å²) in [6, 6.07) is 5.51. The van der Waals surface area contributed by atoms with Crippen LogP contribution in [0.1, 0.15) is 33.6 Å². The van der Waals surface area contributed by atoms with Crippen LogP contribution in [0.25, 0.3) is 0 Å². The first kappa shape index (κ1) is 18.4. The molecule has 138 valence electrons. The molecule has 1 aromatic carbocycles. The van der Waals surface area contributed by atoms with E-state index in [2.05, 4.69) is 15.5 Å². The van der Waals surface area contributed by atoms with Gasteiger partial charge >= 0.3 is 0 Å². The number of likely N-dealkylation sites (tertiary alicyclic amines) is 1. The van der Waals surface area contributed by atoms with Crippen LogP contribution in [0.2, 0.25) is 0 Å². The van der Waals surface area contributed by atoms with E-state index in [-0.39, 0.29) is 35.2 Å². The molecule has 7 nitrogen and oxygen atoms in total. The van der Waals surface area contributed by atoms with Gasteiger partial charge in [-0.25, -0.2) is 4.39 Å². The Morgan fingerprint density at radius 2 is 2.12 bits per heavy atom. The third-order valence-electron chi connectivity index (χ3n) is 4.13. The Balaban J connectivity index is 1.64. The van der Waals surface area contributed by atoms with E-state index >= 15 is 0 Å². The van der Waals surface area contributed by atoms with Gasteiger partial charge in [0.05, 0.1) is 0 Å². The molecule has 2 aromatic rings. The number of halogens is 1. The number of carbonyl (C=O) groups excluding carboxylic acids is 2. The van der Waals surface area contributed by atoms with Crippen molar-refractivity contribution in [2.75, 3.05) is 32.1 Å². The van der Waals surface area contributed by atoms with Gasteiger partial charge in [-0.1, -0.05) is 11.3 Å². The molecule has 2 amide bonds. The van der Waals surface area contributed by atoms with Gasteiger partial charge in [-0.05, 0) is 37.1 Å². The Morgan fingerprint density at radius 1 is 1.35 bits per heavy atom. The van der Waals surface area contributed by atoms with Gasteiger partial charge in [0.15, 0.2) is 0 Å². The maximum Gasteiger partial charge on any atom is 0.286 e. The summed E-state index contributed by atoms with van der Waals surface area (Å²) >= 11 is 1.22. The van der Waals surface area contributed by atoms with E-state index in [0.717, 1.165) is 17.8 Å². The zero-order valence-corrected chi connectivity index (χ0v) is 15.1. The SMILES string of the molecule is COCC(=O)N1CCC[C@H](c2nnc(C(=O)Nc3ccc(F)cc3)s2)C1. The normalized spacial score (nSPS) is 17.2. The Morgan fingerprint density at radius 3 is 2.85 bits per heavy atom. The van der Waals surface area contributed by atoms with Gasteiger partial charge in [0.25, 0.3) is 5.91 Å². The Labute approximate surface area is 154 Å². The number of nitrogens with zero attached hydrogens (tertiary/aromatic N) is 3. The molecule has 0 bridgehead atoms. The second-order valence-electron chi connectivity index (χ2n) is 6.02. The van der Waals surface area contributed by atoms with Crippen molar-refractivity contribution < 1.29 is 18.7 Å². The fourth-order valence-electron chi connectivity index (χ4n) is 2.83. The highest BCUT2D eigenvalue weighted by molar-refractivity contribution is 7.13. The smallest absolute Gasteiger partial charge is 0.286 e. The topological polar surface area (TPSA) is 84.4 Å². The minimum Gasteiger partial charge on any atom is -0.375 e. The van der Waals surface area contributed by atoms with Crippen LogP contribution in [0.4, 0.5) is 10.1 Å². The zero-order valence-electron chi connectivity index (χ0n) is 14.3. The van der Waals surface area contributed by atoms with Crippen molar-refractivity contribution in [3.8, 4) is 0 Å². The molecule has 1 aliphatic heterocycles. The van der Waals surface area contributed by atoms with Gasteiger partial charge < -0.3 is 15.0 Å². The first-order chi connectivity index (χ1) is 12.6. The van der Waals surface area contributed by atoms with Gasteiger partial charge in [0, 0.05) is 31.8 Å². The van der Waals surface area contributed by atoms with Crippen LogP contribution in [-0.4, -0.2) is 53.7 Å². The van der Waals surface area contributed by atoms with Crippen molar-refractivity contribution in [2.45, 2.75) is 18.8 Å². The molecule has 1 aliphatic rings. The lowest BCUT2D eigenvalue weighted by molar-refractivity contribution is -0.136. The van der Waals surface area contributed by atoms with Crippen molar-refractivity contribution in [1.29, 1.82) is 0 Å². The summed E-state index contributed by atoms with van der Waals surface area (Å²) < 4.78 is 17.8. The molecule has 9 heteroatoms. The number of hydrogen-bond donors (Lipinski definition) is 1. The molecule has 1 saturated heterocycles. The van der Waals surface area contributed by atoms with E-state index in [4.69, 9.17) is 4.74 Å². The number of benzene rings is 1. The molecular weight excluding hydrogens is 359 g/mol. The predicted molar refractivity (Wildman–Crippen MR) is 94.7 cm³/mol. The van der Waals surface area contributed by atoms with Crippen molar-refractivity contribution in [3.05, 3.63) is 40.1 Å². The number of anilines is 1. The minimum absolute atomic E-state index is 0.0454. The first-order valence-corrected chi connectivity index (χ1v) is 9.05. The third kappa shape index (κ3) is 4.41. The molecule has 1 N–H and O–H groups in total. The molecule has 0 radical (unpaired) electrons. The molecule has 2 heterocycles. The van der Waals surface area contributed by atoms with E-state index in [0.29, 0.717) is 18.8 Å². The quantitative estimate of drug-likeness (QED) is 0.863. The van der Waals surface area contributed by atoms with Crippen LogP contribution in [0.5, 0.6) is 0 Å². The summed E-state index contributed by atoms with van der Waals surface area (Å²) in [4.78, 5) is 26.0. The Hall–Kier alpha value is -2.39. The molecule has 0 aliphatic carbocycles. The number of methoxy groups -OCH3 is 1. The van der Waals surface area contributed by atoms with Crippen LogP contribution in [0.3, 0.4) is 0 Å². The average molecular weight is 378 g/mol. The van der Waals surface area contributed by atoms with E-state index in [1.807, 2.05) is 0 Å². The van der Waals surface area contributed by atoms with Crippen molar-refractivity contribution >= 4 is 28.8 Å². The van der Waals surface area contributed by atoms with Crippen molar-refractivity contribution in [3.63, 3.8) is 0 Å². The Bertz CT molecular complexity index is 781. The zero-order chi connectivity index (χ0) is 18.5. The highest BCUT2D eigenvalue weighted by Crippen LogP contribution is 2.29. The fourth-order valence-corrected chi connectivity index (χ4v) is 3.69. The van der Waals surface area contributed by atoms with Crippen LogP contribution in [0.15, 0.2) is 24.3 Å². The number of rotatable bonds is 5. The minimum atomic E-state index is -0.386. The van der Waals surface area contributed by atoms with Gasteiger partial charge in [-0.2, -0.15) is 0 Å². The Kier molecular flexibility index (Phi) is 5.89. The number of amides is 2. The van der Waals surface area contributed by atoms with Crippen LogP contribution < -0.4 is 5.32 Å². The van der Waals surface area contributed by atoms with E-state index in [9.17, 15) is 14.0 Å². The summed E-state index contributed by atoms with van der Waals surface area (Å²) in [5.74, 6) is -0.736. The lowest BCUT2D eigenvalue weighted by atomic mass is 9.99. The maximum atomic E-state index is 12.9. The van der Waals surface area contributed by atoms with Crippen LogP contribution in [0, 0.1) is 5.82 Å². The van der Waals surface area contributed by atoms with Gasteiger partial charge in [0.2, 0.25) is 10.9 Å². The summed E-state index contributed by atoms with van der Waals surface area (Å²) in [5, 5.41) is 11.7. The molecule has 1 fully saturated rings. The molecule has 0 unspecified atom stereocenters. The molecule has 0 saturated carbocycles. The second-order valence-corrected chi connectivity index (χ2v) is 7.03. The third-order valence-corrected chi connectivity index (χ3v) is 5.21. The highest BCUT2D eigenvalue weighted by atomic mass is 32.1. The second kappa shape index (κ2) is 8.33. The van der Waals surface area contributed by atoms with E-state index < -0.39 is 0 Å². The number of ether oxygens (including phenoxy) is 1. The molecule has 1 atom stereocenters. The van der Waals surface area contributed by atoms with E-state index in [1.165, 1.54) is 42.7 Å². The largest absolute Gasteiger partial charge is 0.375 e. The standard InChI is InChI=1S/C17H19FN4O3S/c1-25-10-14(23)22-8-2-3-11(9-22)16-20-21-17(26-16)15(24)19-13-6-4-12(18)5-7-13/h4-7,11H,2-3,8-10H2,1H3,(H,19,24)/t11-/m0/s1. The fraction of sp³-hybridized carbons (Fsp3) is 0.412. The maximum absolute atomic E-state index is 12.9. The molecule has 1 aromatic heterocycles. The number of piperidine rings is 1. The number of nitrogens with one attached hydrogen (secondary N) is 1. The van der Waals surface area contributed by atoms with Crippen molar-refractivity contribution in [1.82, 2.24) is 15.1 Å². The van der Waals surface area contributed by atoms with Crippen LogP contribution >= 0.6 is 11.3 Å². The summed E-state index contributed by atoms with van der Waals surface area (Å²) in [5.41, 5.74) is 0.488. The van der Waals surface area contributed by atoms with Crippen LogP contribution in [-0.2, 0) is 9.53 Å². The van der Waals surface area contributed by atoms with Gasteiger partial charge in [-0.3, -0.25) is 9.59 Å². The average Bonchev–Trinajstić information content (AvgIpc) is 3.14. The molecule has 0 spiro atoms. The highest BCUT2D eigenvalue weighted by Gasteiger charge is 2.27. The summed E-state index contributed by atoms with van der Waals surface area (Å²) in [7, 11) is 1.50. The summed E-state index contributed by atoms with van der Waals surface area (Å²) in [6.07, 6.45) is 1.77. The monoisotopic (exact) mass is 378 g/mol. The van der Waals surface area contributed by atoms with E-state index in [1.54, 1.807) is 4.90 Å². The van der Waals surface area contributed by atoms with Gasteiger partial charge in [0.1, 0.15) is 17.4 Å². The lowest BCUT2D eigenvalue weighted by Gasteiger charge is -2.31. The molecule has 26 heavy (non-hydrogen) atoms. The number of aromatic nitrogens is 2. The molecule has 3 rings (SSSR count).